The van der Waals surface area contributed by atoms with E-state index >= 15 is 0 Å². The number of aromatic nitrogens is 2. The minimum Gasteiger partial charge on any atom is -0.439 e. The van der Waals surface area contributed by atoms with Gasteiger partial charge in [0.05, 0.1) is 0 Å². The summed E-state index contributed by atoms with van der Waals surface area (Å²) >= 11 is 2.25. The quantitative estimate of drug-likeness (QED) is 0.799. The van der Waals surface area contributed by atoms with Crippen LogP contribution in [0.3, 0.4) is 0 Å². The van der Waals surface area contributed by atoms with Crippen LogP contribution in [0.25, 0.3) is 0 Å². The number of rotatable bonds is 2. The van der Waals surface area contributed by atoms with Gasteiger partial charge in [0.2, 0.25) is 5.88 Å². The average Bonchev–Trinajstić information content (AvgIpc) is 2.22. The SMILES string of the molecule is Cc1nccc(Oc2ccc(I)cc2)n1. The van der Waals surface area contributed by atoms with Gasteiger partial charge >= 0.3 is 0 Å². The van der Waals surface area contributed by atoms with Gasteiger partial charge in [-0.2, -0.15) is 4.98 Å². The van der Waals surface area contributed by atoms with Crippen LogP contribution in [0.5, 0.6) is 11.6 Å². The van der Waals surface area contributed by atoms with Crippen LogP contribution >= 0.6 is 22.6 Å². The van der Waals surface area contributed by atoms with E-state index in [1.54, 1.807) is 12.3 Å². The van der Waals surface area contributed by atoms with E-state index in [9.17, 15) is 0 Å². The summed E-state index contributed by atoms with van der Waals surface area (Å²) in [6.07, 6.45) is 1.68. The molecule has 15 heavy (non-hydrogen) atoms. The minimum absolute atomic E-state index is 0.573. The van der Waals surface area contributed by atoms with Crippen molar-refractivity contribution in [3.05, 3.63) is 45.9 Å². The molecule has 0 N–H and O–H groups in total. The Morgan fingerprint density at radius 2 is 1.87 bits per heavy atom. The van der Waals surface area contributed by atoms with Gasteiger partial charge in [-0.15, -0.1) is 0 Å². The number of halogens is 1. The van der Waals surface area contributed by atoms with E-state index in [4.69, 9.17) is 4.74 Å². The lowest BCUT2D eigenvalue weighted by molar-refractivity contribution is 0.459. The number of benzene rings is 1. The molecular formula is C11H9IN2O. The van der Waals surface area contributed by atoms with Crippen molar-refractivity contribution in [1.82, 2.24) is 9.97 Å². The normalized spacial score (nSPS) is 10.0. The average molecular weight is 312 g/mol. The number of hydrogen-bond acceptors (Lipinski definition) is 3. The molecule has 1 heterocycles. The van der Waals surface area contributed by atoms with Gasteiger partial charge in [-0.1, -0.05) is 0 Å². The van der Waals surface area contributed by atoms with E-state index in [-0.39, 0.29) is 0 Å². The molecule has 0 aliphatic carbocycles. The summed E-state index contributed by atoms with van der Waals surface area (Å²) in [5, 5.41) is 0. The fraction of sp³-hybridized carbons (Fsp3) is 0.0909. The molecule has 0 fully saturated rings. The highest BCUT2D eigenvalue weighted by Gasteiger charge is 1.98. The van der Waals surface area contributed by atoms with Crippen molar-refractivity contribution >= 4 is 22.6 Å². The molecule has 0 saturated heterocycles. The van der Waals surface area contributed by atoms with Gasteiger partial charge in [-0.3, -0.25) is 0 Å². The predicted octanol–water partition coefficient (Wildman–Crippen LogP) is 3.18. The highest BCUT2D eigenvalue weighted by molar-refractivity contribution is 14.1. The van der Waals surface area contributed by atoms with Crippen LogP contribution in [0.2, 0.25) is 0 Å². The fourth-order valence-corrected chi connectivity index (χ4v) is 1.47. The predicted molar refractivity (Wildman–Crippen MR) is 66.0 cm³/mol. The lowest BCUT2D eigenvalue weighted by Crippen LogP contribution is -1.91. The van der Waals surface area contributed by atoms with Crippen molar-refractivity contribution in [2.24, 2.45) is 0 Å². The van der Waals surface area contributed by atoms with Gasteiger partial charge in [0.1, 0.15) is 11.6 Å². The minimum atomic E-state index is 0.573. The lowest BCUT2D eigenvalue weighted by atomic mass is 10.3. The second-order valence-corrected chi connectivity index (χ2v) is 4.24. The Labute approximate surface area is 102 Å². The summed E-state index contributed by atoms with van der Waals surface area (Å²) < 4.78 is 6.74. The maximum atomic E-state index is 5.56. The van der Waals surface area contributed by atoms with Gasteiger partial charge in [-0.25, -0.2) is 4.98 Å². The van der Waals surface area contributed by atoms with Crippen molar-refractivity contribution in [1.29, 1.82) is 0 Å². The summed E-state index contributed by atoms with van der Waals surface area (Å²) in [4.78, 5) is 8.16. The Morgan fingerprint density at radius 1 is 1.13 bits per heavy atom. The first-order valence-electron chi connectivity index (χ1n) is 4.47. The first-order chi connectivity index (χ1) is 7.24. The summed E-state index contributed by atoms with van der Waals surface area (Å²) in [5.74, 6) is 2.07. The van der Waals surface area contributed by atoms with Crippen LogP contribution in [0.15, 0.2) is 36.5 Å². The van der Waals surface area contributed by atoms with Crippen LogP contribution in [0, 0.1) is 10.5 Å². The Kier molecular flexibility index (Phi) is 3.15. The molecule has 2 rings (SSSR count). The first-order valence-corrected chi connectivity index (χ1v) is 5.55. The van der Waals surface area contributed by atoms with E-state index in [2.05, 4.69) is 32.6 Å². The van der Waals surface area contributed by atoms with E-state index in [0.29, 0.717) is 11.7 Å². The second kappa shape index (κ2) is 4.57. The van der Waals surface area contributed by atoms with E-state index in [0.717, 1.165) is 5.75 Å². The third-order valence-corrected chi connectivity index (χ3v) is 2.51. The lowest BCUT2D eigenvalue weighted by Gasteiger charge is -2.04. The van der Waals surface area contributed by atoms with E-state index < -0.39 is 0 Å². The summed E-state index contributed by atoms with van der Waals surface area (Å²) in [6.45, 7) is 1.83. The molecule has 2 aromatic rings. The molecule has 3 nitrogen and oxygen atoms in total. The van der Waals surface area contributed by atoms with Crippen LogP contribution in [-0.2, 0) is 0 Å². The van der Waals surface area contributed by atoms with Crippen LogP contribution in [0.1, 0.15) is 5.82 Å². The number of nitrogens with zero attached hydrogens (tertiary/aromatic N) is 2. The standard InChI is InChI=1S/C11H9IN2O/c1-8-13-7-6-11(14-8)15-10-4-2-9(12)3-5-10/h2-7H,1H3. The molecule has 0 aliphatic heterocycles. The Bertz CT molecular complexity index is 456. The molecule has 0 spiro atoms. The largest absolute Gasteiger partial charge is 0.439 e. The van der Waals surface area contributed by atoms with Crippen molar-refractivity contribution in [3.63, 3.8) is 0 Å². The molecule has 4 heteroatoms. The number of aryl methyl sites for hydroxylation is 1. The first kappa shape index (κ1) is 10.4. The highest BCUT2D eigenvalue weighted by Crippen LogP contribution is 2.19. The molecule has 0 atom stereocenters. The zero-order chi connectivity index (χ0) is 10.7. The maximum absolute atomic E-state index is 5.56. The third-order valence-electron chi connectivity index (χ3n) is 1.79. The topological polar surface area (TPSA) is 35.0 Å². The number of ether oxygens (including phenoxy) is 1. The third kappa shape index (κ3) is 2.89. The molecule has 0 saturated carbocycles. The van der Waals surface area contributed by atoms with Crippen molar-refractivity contribution in [3.8, 4) is 11.6 Å². The van der Waals surface area contributed by atoms with Gasteiger partial charge in [0.15, 0.2) is 0 Å². The Morgan fingerprint density at radius 3 is 2.53 bits per heavy atom. The summed E-state index contributed by atoms with van der Waals surface area (Å²) in [6, 6.07) is 9.55. The monoisotopic (exact) mass is 312 g/mol. The molecule has 0 radical (unpaired) electrons. The molecule has 76 valence electrons. The van der Waals surface area contributed by atoms with Gasteiger partial charge in [0, 0.05) is 15.8 Å². The molecule has 0 unspecified atom stereocenters. The van der Waals surface area contributed by atoms with Gasteiger partial charge in [0.25, 0.3) is 0 Å². The molecule has 0 amide bonds. The number of hydrogen-bond donors (Lipinski definition) is 0. The summed E-state index contributed by atoms with van der Waals surface area (Å²) in [7, 11) is 0. The van der Waals surface area contributed by atoms with Crippen molar-refractivity contribution in [2.45, 2.75) is 6.92 Å². The van der Waals surface area contributed by atoms with Gasteiger partial charge in [-0.05, 0) is 53.8 Å². The fourth-order valence-electron chi connectivity index (χ4n) is 1.11. The molecule has 1 aromatic carbocycles. The maximum Gasteiger partial charge on any atom is 0.222 e. The zero-order valence-electron chi connectivity index (χ0n) is 8.14. The van der Waals surface area contributed by atoms with Gasteiger partial charge < -0.3 is 4.74 Å². The highest BCUT2D eigenvalue weighted by atomic mass is 127. The van der Waals surface area contributed by atoms with Crippen molar-refractivity contribution in [2.75, 3.05) is 0 Å². The van der Waals surface area contributed by atoms with Crippen LogP contribution < -0.4 is 4.74 Å². The smallest absolute Gasteiger partial charge is 0.222 e. The molecule has 0 aliphatic rings. The zero-order valence-corrected chi connectivity index (χ0v) is 10.3. The Hall–Kier alpha value is -1.17. The van der Waals surface area contributed by atoms with E-state index in [1.807, 2.05) is 31.2 Å². The van der Waals surface area contributed by atoms with E-state index in [1.165, 1.54) is 3.57 Å². The second-order valence-electron chi connectivity index (χ2n) is 3.00. The van der Waals surface area contributed by atoms with Crippen LogP contribution in [-0.4, -0.2) is 9.97 Å². The molecule has 1 aromatic heterocycles. The molecule has 0 bridgehead atoms. The molecular weight excluding hydrogens is 303 g/mol. The van der Waals surface area contributed by atoms with Crippen molar-refractivity contribution < 1.29 is 4.74 Å². The summed E-state index contributed by atoms with van der Waals surface area (Å²) in [5.41, 5.74) is 0. The Balaban J connectivity index is 2.18. The van der Waals surface area contributed by atoms with Crippen LogP contribution in [0.4, 0.5) is 0 Å².